The summed E-state index contributed by atoms with van der Waals surface area (Å²) >= 11 is 1.82. The van der Waals surface area contributed by atoms with Crippen LogP contribution in [0.1, 0.15) is 6.42 Å². The zero-order chi connectivity index (χ0) is 9.54. The predicted octanol–water partition coefficient (Wildman–Crippen LogP) is 1.62. The van der Waals surface area contributed by atoms with E-state index in [9.17, 15) is 0 Å². The number of halogens is 1. The Hall–Kier alpha value is -0.267. The van der Waals surface area contributed by atoms with Gasteiger partial charge in [-0.1, -0.05) is 0 Å². The molecule has 0 unspecified atom stereocenters. The molecule has 0 bridgehead atoms. The van der Waals surface area contributed by atoms with E-state index >= 15 is 0 Å². The Bertz CT molecular complexity index is 92.6. The van der Waals surface area contributed by atoms with Crippen LogP contribution in [0.3, 0.4) is 0 Å². The van der Waals surface area contributed by atoms with Crippen molar-refractivity contribution in [2.45, 2.75) is 6.42 Å². The van der Waals surface area contributed by atoms with Crippen LogP contribution in [-0.2, 0) is 26.9 Å². The van der Waals surface area contributed by atoms with Gasteiger partial charge < -0.3 is 9.59 Å². The number of hydrogen-bond donors (Lipinski definition) is 0. The Balaban J connectivity index is -0.0000000933. The van der Waals surface area contributed by atoms with E-state index in [4.69, 9.17) is 9.59 Å². The van der Waals surface area contributed by atoms with E-state index < -0.39 is 0 Å². The van der Waals surface area contributed by atoms with Crippen LogP contribution in [-0.4, -0.2) is 13.6 Å². The van der Waals surface area contributed by atoms with Gasteiger partial charge in [0, 0.05) is 0 Å². The summed E-state index contributed by atoms with van der Waals surface area (Å²) in [5.74, 6) is 0. The van der Waals surface area contributed by atoms with Crippen molar-refractivity contribution in [1.29, 1.82) is 0 Å². The first-order valence-corrected chi connectivity index (χ1v) is 4.67. The second kappa shape index (κ2) is 33.1. The second-order valence-corrected chi connectivity index (χ2v) is 1.00. The van der Waals surface area contributed by atoms with Crippen molar-refractivity contribution >= 4 is 23.3 Å². The fourth-order valence-electron chi connectivity index (χ4n) is 0.340. The summed E-state index contributed by atoms with van der Waals surface area (Å²) in [6.45, 7) is 4.00. The fraction of sp³-hybridized carbons (Fsp3) is 0.143. The van der Waals surface area contributed by atoms with Crippen molar-refractivity contribution < 1.29 is 26.9 Å². The van der Waals surface area contributed by atoms with E-state index in [1.807, 2.05) is 43.0 Å². The molecule has 64 valence electrons. The quantitative estimate of drug-likeness (QED) is 0.491. The molecule has 0 saturated heterocycles. The molecular formula is C7H9ClO2Ru. The van der Waals surface area contributed by atoms with Gasteiger partial charge in [0.2, 0.25) is 0 Å². The van der Waals surface area contributed by atoms with Crippen molar-refractivity contribution in [3.05, 3.63) is 24.3 Å². The number of carbonyl (C=O) groups is 2. The molecule has 4 heteroatoms. The summed E-state index contributed by atoms with van der Waals surface area (Å²) in [6.07, 6.45) is 10.0. The maximum absolute atomic E-state index is 8.00. The number of carbonyl (C=O) groups excluding carboxylic acids is 2. The van der Waals surface area contributed by atoms with Gasteiger partial charge in [0.05, 0.1) is 0 Å². The maximum atomic E-state index is 8.00. The standard InChI is InChI=1S/C5H5.2CH2O.ClH.Ru/c1-2-4-5-3-1;2*1-2;;/h1-3H,4H2;2*1H2;1H;/q-1;;;;+2/p-1. The van der Waals surface area contributed by atoms with Crippen molar-refractivity contribution in [2.75, 3.05) is 0 Å². The van der Waals surface area contributed by atoms with Crippen LogP contribution in [0.25, 0.3) is 0 Å². The summed E-state index contributed by atoms with van der Waals surface area (Å²) in [4.78, 5) is 16.0. The molecule has 0 spiro atoms. The SMILES string of the molecule is C=O.C=O.[C-]1=CC=CC1.[Cl][Ru+]. The van der Waals surface area contributed by atoms with E-state index in [1.165, 1.54) is 0 Å². The normalized spacial score (nSPS) is 9.27. The number of allylic oxidation sites excluding steroid dienone is 4. The summed E-state index contributed by atoms with van der Waals surface area (Å²) in [6, 6.07) is 0. The van der Waals surface area contributed by atoms with Crippen molar-refractivity contribution in [2.24, 2.45) is 0 Å². The molecule has 0 aromatic heterocycles. The summed E-state index contributed by atoms with van der Waals surface area (Å²) in [5, 5.41) is 0. The first-order chi connectivity index (χ1) is 5.50. The number of hydrogen-bond acceptors (Lipinski definition) is 2. The van der Waals surface area contributed by atoms with Crippen LogP contribution >= 0.6 is 9.69 Å². The molecule has 0 saturated carbocycles. The Labute approximate surface area is 81.0 Å². The zero-order valence-electron chi connectivity index (χ0n) is 5.90. The van der Waals surface area contributed by atoms with E-state index in [2.05, 4.69) is 21.8 Å². The minimum atomic E-state index is 1.01. The topological polar surface area (TPSA) is 34.1 Å². The van der Waals surface area contributed by atoms with Gasteiger partial charge in [-0.15, -0.1) is 6.42 Å². The molecule has 0 heterocycles. The molecular weight excluding hydrogens is 253 g/mol. The molecule has 0 aliphatic heterocycles. The van der Waals surface area contributed by atoms with Crippen LogP contribution in [0.15, 0.2) is 18.2 Å². The third-order valence-electron chi connectivity index (χ3n) is 0.586. The summed E-state index contributed by atoms with van der Waals surface area (Å²) < 4.78 is 0. The van der Waals surface area contributed by atoms with E-state index in [0.717, 1.165) is 6.42 Å². The van der Waals surface area contributed by atoms with Gasteiger partial charge in [-0.2, -0.15) is 6.08 Å². The summed E-state index contributed by atoms with van der Waals surface area (Å²) in [5.41, 5.74) is 0. The molecule has 0 fully saturated rings. The molecule has 0 N–H and O–H groups in total. The van der Waals surface area contributed by atoms with Gasteiger partial charge in [-0.25, -0.2) is 12.2 Å². The van der Waals surface area contributed by atoms with E-state index in [-0.39, 0.29) is 0 Å². The molecule has 2 nitrogen and oxygen atoms in total. The van der Waals surface area contributed by atoms with E-state index in [0.29, 0.717) is 0 Å². The van der Waals surface area contributed by atoms with Gasteiger partial charge in [0.15, 0.2) is 0 Å². The predicted molar refractivity (Wildman–Crippen MR) is 41.7 cm³/mol. The van der Waals surface area contributed by atoms with Gasteiger partial charge in [-0.05, 0) is 0 Å². The minimum absolute atomic E-state index is 1.01. The van der Waals surface area contributed by atoms with Crippen LogP contribution < -0.4 is 0 Å². The van der Waals surface area contributed by atoms with Crippen LogP contribution in [0, 0.1) is 6.08 Å². The Kier molecular flexibility index (Phi) is 51.2. The van der Waals surface area contributed by atoms with Gasteiger partial charge in [0.1, 0.15) is 13.6 Å². The average Bonchev–Trinajstić information content (AvgIpc) is 2.71. The van der Waals surface area contributed by atoms with Crippen LogP contribution in [0.2, 0.25) is 0 Å². The molecule has 1 aliphatic carbocycles. The summed E-state index contributed by atoms with van der Waals surface area (Å²) in [7, 11) is 4.57. The Morgan fingerprint density at radius 2 is 1.73 bits per heavy atom. The zero-order valence-corrected chi connectivity index (χ0v) is 8.40. The molecule has 0 aromatic carbocycles. The molecule has 0 amide bonds. The molecule has 1 rings (SSSR count). The van der Waals surface area contributed by atoms with Crippen molar-refractivity contribution in [1.82, 2.24) is 0 Å². The van der Waals surface area contributed by atoms with Crippen molar-refractivity contribution in [3.8, 4) is 0 Å². The third-order valence-corrected chi connectivity index (χ3v) is 0.586. The van der Waals surface area contributed by atoms with Crippen LogP contribution in [0.4, 0.5) is 0 Å². The molecule has 1 aliphatic rings. The first kappa shape index (κ1) is 17.0. The van der Waals surface area contributed by atoms with E-state index in [1.54, 1.807) is 0 Å². The van der Waals surface area contributed by atoms with Crippen molar-refractivity contribution in [3.63, 3.8) is 0 Å². The number of rotatable bonds is 0. The van der Waals surface area contributed by atoms with Crippen LogP contribution in [0.5, 0.6) is 0 Å². The Morgan fingerprint density at radius 3 is 1.82 bits per heavy atom. The molecule has 0 aromatic rings. The van der Waals surface area contributed by atoms with Gasteiger partial charge >= 0.3 is 27.0 Å². The fourth-order valence-corrected chi connectivity index (χ4v) is 0.340. The second-order valence-electron chi connectivity index (χ2n) is 1.00. The average molecular weight is 262 g/mol. The molecule has 0 atom stereocenters. The first-order valence-electron chi connectivity index (χ1n) is 2.43. The van der Waals surface area contributed by atoms with Gasteiger partial charge in [-0.3, -0.25) is 6.08 Å². The molecule has 0 radical (unpaired) electrons. The molecule has 11 heavy (non-hydrogen) atoms. The third kappa shape index (κ3) is 26.0. The monoisotopic (exact) mass is 262 g/mol. The van der Waals surface area contributed by atoms with Gasteiger partial charge in [0.25, 0.3) is 0 Å². The Morgan fingerprint density at radius 1 is 1.27 bits per heavy atom.